The van der Waals surface area contributed by atoms with Crippen LogP contribution < -0.4 is 5.10 Å². The van der Waals surface area contributed by atoms with Crippen molar-refractivity contribution in [3.63, 3.8) is 0 Å². The summed E-state index contributed by atoms with van der Waals surface area (Å²) in [6.07, 6.45) is 1.76. The summed E-state index contributed by atoms with van der Waals surface area (Å²) in [4.78, 5) is 0. The van der Waals surface area contributed by atoms with Crippen LogP contribution in [0.5, 0.6) is 0 Å². The van der Waals surface area contributed by atoms with Gasteiger partial charge in [0.1, 0.15) is 0 Å². The van der Waals surface area contributed by atoms with Crippen LogP contribution in [-0.2, 0) is 65.4 Å². The van der Waals surface area contributed by atoms with E-state index in [0.717, 1.165) is 5.69 Å². The molecule has 1 aromatic heterocycles. The normalized spacial score (nSPS) is 7.33. The molecule has 0 aromatic carbocycles. The summed E-state index contributed by atoms with van der Waals surface area (Å²) in [7, 11) is 0. The first-order chi connectivity index (χ1) is 3.30. The second-order valence-corrected chi connectivity index (χ2v) is 1.61. The number of aryl methyl sites for hydroxylation is 2. The Hall–Kier alpha value is 1.42. The van der Waals surface area contributed by atoms with Crippen molar-refractivity contribution in [2.75, 3.05) is 0 Å². The van der Waals surface area contributed by atoms with Crippen molar-refractivity contribution in [1.82, 2.24) is 10.2 Å². The number of nitrogens with zero attached hydrogens (tertiary/aromatic N) is 2. The average Bonchev–Trinajstić information content (AvgIpc) is 1.91. The molecule has 0 aliphatic heterocycles. The van der Waals surface area contributed by atoms with Gasteiger partial charge in [0.15, 0.2) is 0 Å². The van der Waals surface area contributed by atoms with Gasteiger partial charge in [0.25, 0.3) is 0 Å². The van der Waals surface area contributed by atoms with Crippen LogP contribution in [0, 0.1) is 13.8 Å². The number of aromatic nitrogens is 2. The Morgan fingerprint density at radius 2 is 1.89 bits per heavy atom. The molecule has 0 aliphatic rings. The molecule has 0 amide bonds. The van der Waals surface area contributed by atoms with Gasteiger partial charge in [-0.15, -0.1) is 5.69 Å². The first-order valence-corrected chi connectivity index (χ1v) is 2.22. The summed E-state index contributed by atoms with van der Waals surface area (Å²) in [5.74, 6) is 0. The van der Waals surface area contributed by atoms with Gasteiger partial charge in [-0.1, -0.05) is 12.5 Å². The topological polar surface area (TPSA) is 27.0 Å². The van der Waals surface area contributed by atoms with Gasteiger partial charge < -0.3 is 10.2 Å². The quantitative estimate of drug-likeness (QED) is 0.694. The van der Waals surface area contributed by atoms with Crippen molar-refractivity contribution in [2.24, 2.45) is 0 Å². The maximum absolute atomic E-state index is 3.77. The minimum atomic E-state index is 0. The molecule has 9 heavy (non-hydrogen) atoms. The van der Waals surface area contributed by atoms with Crippen LogP contribution in [0.25, 0.3) is 0 Å². The van der Waals surface area contributed by atoms with Crippen LogP contribution in [-0.4, -0.2) is 5.10 Å². The largest absolute Gasteiger partial charge is 0.579 e. The summed E-state index contributed by atoms with van der Waals surface area (Å²) in [5.41, 5.74) is 2.19. The summed E-state index contributed by atoms with van der Waals surface area (Å²) in [6.45, 7) is 3.94. The zero-order valence-electron chi connectivity index (χ0n) is 5.63. The molecule has 1 aromatic rings. The molecule has 1 rings (SSSR count). The second kappa shape index (κ2) is 6.15. The average molecular weight is 273 g/mol. The van der Waals surface area contributed by atoms with Crippen molar-refractivity contribution in [3.8, 4) is 0 Å². The van der Waals surface area contributed by atoms with E-state index in [1.165, 1.54) is 5.56 Å². The summed E-state index contributed by atoms with van der Waals surface area (Å²) < 4.78 is 0. The maximum Gasteiger partial charge on any atom is 0.00515 e. The number of hydrogen-bond acceptors (Lipinski definition) is 1. The Kier molecular flexibility index (Phi) is 8.91. The zero-order chi connectivity index (χ0) is 5.28. The van der Waals surface area contributed by atoms with Crippen molar-refractivity contribution in [2.45, 2.75) is 13.8 Å². The molecule has 44 valence electrons. The molecule has 0 unspecified atom stereocenters. The van der Waals surface area contributed by atoms with Crippen molar-refractivity contribution in [3.05, 3.63) is 17.5 Å². The van der Waals surface area contributed by atoms with E-state index < -0.39 is 0 Å². The Morgan fingerprint density at radius 3 is 2.00 bits per heavy atom. The molecule has 0 aliphatic carbocycles. The minimum absolute atomic E-state index is 0. The Balaban J connectivity index is 0. The van der Waals surface area contributed by atoms with Crippen LogP contribution in [0.15, 0.2) is 6.20 Å². The Morgan fingerprint density at radius 1 is 1.33 bits per heavy atom. The molecule has 2 nitrogen and oxygen atoms in total. The van der Waals surface area contributed by atoms with E-state index >= 15 is 0 Å². The van der Waals surface area contributed by atoms with Crippen LogP contribution >= 0.6 is 0 Å². The van der Waals surface area contributed by atoms with Crippen LogP contribution in [0.3, 0.4) is 0 Å². The molecular formula is C5H7N2Y2-. The van der Waals surface area contributed by atoms with Crippen molar-refractivity contribution >= 4 is 0 Å². The molecule has 0 spiro atoms. The van der Waals surface area contributed by atoms with E-state index in [2.05, 4.69) is 10.2 Å². The molecule has 0 atom stereocenters. The third-order valence-electron chi connectivity index (χ3n) is 1.03. The molecule has 0 fully saturated rings. The molecule has 4 heteroatoms. The van der Waals surface area contributed by atoms with Crippen LogP contribution in [0.4, 0.5) is 0 Å². The fourth-order valence-corrected chi connectivity index (χ4v) is 0.374. The monoisotopic (exact) mass is 273 g/mol. The van der Waals surface area contributed by atoms with Gasteiger partial charge in [-0.25, -0.2) is 0 Å². The SMILES string of the molecule is Cc1cn[n-]c1C.[Y].[Y]. The fourth-order valence-electron chi connectivity index (χ4n) is 0.374. The van der Waals surface area contributed by atoms with Gasteiger partial charge in [0.2, 0.25) is 0 Å². The van der Waals surface area contributed by atoms with Crippen molar-refractivity contribution in [1.29, 1.82) is 0 Å². The molecule has 1 heterocycles. The standard InChI is InChI=1S/C5H7N2.2Y/c1-4-3-6-7-5(4)2;;/h3H,1-2H3;;/q-1;;. The van der Waals surface area contributed by atoms with E-state index in [9.17, 15) is 0 Å². The van der Waals surface area contributed by atoms with Gasteiger partial charge >= 0.3 is 0 Å². The van der Waals surface area contributed by atoms with E-state index in [4.69, 9.17) is 0 Å². The first kappa shape index (κ1) is 13.0. The Labute approximate surface area is 105 Å². The van der Waals surface area contributed by atoms with Gasteiger partial charge in [-0.2, -0.15) is 0 Å². The molecule has 2 radical (unpaired) electrons. The van der Waals surface area contributed by atoms with Gasteiger partial charge in [-0.3, -0.25) is 0 Å². The van der Waals surface area contributed by atoms with E-state index in [1.54, 1.807) is 6.20 Å². The zero-order valence-corrected chi connectivity index (χ0v) is 11.3. The Bertz CT molecular complexity index is 145. The fraction of sp³-hybridized carbons (Fsp3) is 0.400. The summed E-state index contributed by atoms with van der Waals surface area (Å²) in [6, 6.07) is 0. The van der Waals surface area contributed by atoms with Crippen LogP contribution in [0.1, 0.15) is 11.3 Å². The molecular weight excluding hydrogens is 266 g/mol. The maximum atomic E-state index is 3.77. The van der Waals surface area contributed by atoms with Crippen molar-refractivity contribution < 1.29 is 65.4 Å². The smallest absolute Gasteiger partial charge is 0.00515 e. The third kappa shape index (κ3) is 3.97. The van der Waals surface area contributed by atoms with Gasteiger partial charge in [0, 0.05) is 71.6 Å². The molecule has 0 saturated heterocycles. The minimum Gasteiger partial charge on any atom is -0.579 e. The summed E-state index contributed by atoms with van der Waals surface area (Å²) in [5, 5.41) is 7.44. The second-order valence-electron chi connectivity index (χ2n) is 1.61. The van der Waals surface area contributed by atoms with E-state index in [0.29, 0.717) is 0 Å². The molecule has 0 saturated carbocycles. The number of hydrogen-bond donors (Lipinski definition) is 0. The third-order valence-corrected chi connectivity index (χ3v) is 1.03. The van der Waals surface area contributed by atoms with Gasteiger partial charge in [-0.05, 0) is 6.92 Å². The van der Waals surface area contributed by atoms with Gasteiger partial charge in [0.05, 0.1) is 0 Å². The summed E-state index contributed by atoms with van der Waals surface area (Å²) >= 11 is 0. The molecule has 0 bridgehead atoms. The predicted molar refractivity (Wildman–Crippen MR) is 27.0 cm³/mol. The molecule has 0 N–H and O–H groups in total. The van der Waals surface area contributed by atoms with E-state index in [1.807, 2.05) is 13.8 Å². The number of rotatable bonds is 0. The first-order valence-electron chi connectivity index (χ1n) is 2.22. The predicted octanol–water partition coefficient (Wildman–Crippen LogP) is 0.651. The van der Waals surface area contributed by atoms with Crippen LogP contribution in [0.2, 0.25) is 0 Å². The van der Waals surface area contributed by atoms with E-state index in [-0.39, 0.29) is 65.4 Å².